The van der Waals surface area contributed by atoms with E-state index in [0.717, 1.165) is 10.2 Å². The van der Waals surface area contributed by atoms with Crippen LogP contribution in [0, 0.1) is 6.92 Å². The molecule has 0 aliphatic rings. The molecule has 2 heterocycles. The number of benzene rings is 1. The zero-order chi connectivity index (χ0) is 16.4. The van der Waals surface area contributed by atoms with E-state index >= 15 is 0 Å². The van der Waals surface area contributed by atoms with Crippen LogP contribution < -0.4 is 4.74 Å². The Balaban J connectivity index is 1.78. The second kappa shape index (κ2) is 6.72. The topological polar surface area (TPSA) is 66.0 Å². The highest BCUT2D eigenvalue weighted by molar-refractivity contribution is 9.10. The minimum absolute atomic E-state index is 0.456. The maximum Gasteiger partial charge on any atom is 0.228 e. The molecule has 3 rings (SSSR count). The van der Waals surface area contributed by atoms with Crippen LogP contribution in [0.2, 0.25) is 5.02 Å². The number of hydrogen-bond donors (Lipinski definition) is 0. The SMILES string of the molecule is COc1ccc(Cl)cc1-c1noc(CCn2ncc(Br)c2C)n1. The average molecular weight is 398 g/mol. The van der Waals surface area contributed by atoms with Crippen molar-refractivity contribution >= 4 is 27.5 Å². The number of halogens is 2. The van der Waals surface area contributed by atoms with Crippen molar-refractivity contribution in [2.45, 2.75) is 19.9 Å². The summed E-state index contributed by atoms with van der Waals surface area (Å²) < 4.78 is 13.5. The van der Waals surface area contributed by atoms with Gasteiger partial charge in [-0.15, -0.1) is 0 Å². The van der Waals surface area contributed by atoms with Crippen molar-refractivity contribution in [3.63, 3.8) is 0 Å². The van der Waals surface area contributed by atoms with Crippen LogP contribution in [0.25, 0.3) is 11.4 Å². The Morgan fingerprint density at radius 3 is 2.91 bits per heavy atom. The molecule has 1 aromatic carbocycles. The molecule has 8 heteroatoms. The molecular weight excluding hydrogens is 384 g/mol. The van der Waals surface area contributed by atoms with Crippen molar-refractivity contribution in [2.24, 2.45) is 0 Å². The van der Waals surface area contributed by atoms with Gasteiger partial charge in [0.05, 0.1) is 29.9 Å². The summed E-state index contributed by atoms with van der Waals surface area (Å²) in [6.45, 7) is 2.65. The van der Waals surface area contributed by atoms with Crippen LogP contribution >= 0.6 is 27.5 Å². The number of rotatable bonds is 5. The largest absolute Gasteiger partial charge is 0.496 e. The fourth-order valence-corrected chi connectivity index (χ4v) is 2.64. The number of ether oxygens (including phenoxy) is 1. The zero-order valence-electron chi connectivity index (χ0n) is 12.6. The van der Waals surface area contributed by atoms with Gasteiger partial charge in [-0.3, -0.25) is 4.68 Å². The van der Waals surface area contributed by atoms with Gasteiger partial charge < -0.3 is 9.26 Å². The Morgan fingerprint density at radius 1 is 1.39 bits per heavy atom. The third kappa shape index (κ3) is 3.40. The van der Waals surface area contributed by atoms with E-state index in [1.165, 1.54) is 0 Å². The van der Waals surface area contributed by atoms with E-state index in [0.29, 0.717) is 41.0 Å². The van der Waals surface area contributed by atoms with E-state index < -0.39 is 0 Å². The smallest absolute Gasteiger partial charge is 0.228 e. The van der Waals surface area contributed by atoms with E-state index in [-0.39, 0.29) is 0 Å². The maximum atomic E-state index is 6.03. The van der Waals surface area contributed by atoms with Crippen LogP contribution in [0.4, 0.5) is 0 Å². The first-order valence-electron chi connectivity index (χ1n) is 6.93. The number of nitrogens with zero attached hydrogens (tertiary/aromatic N) is 4. The monoisotopic (exact) mass is 396 g/mol. The molecule has 0 aliphatic heterocycles. The first-order chi connectivity index (χ1) is 11.1. The molecule has 0 spiro atoms. The molecule has 0 amide bonds. The van der Waals surface area contributed by atoms with Gasteiger partial charge in [0.15, 0.2) is 0 Å². The Hall–Kier alpha value is -1.86. The first kappa shape index (κ1) is 16.0. The molecule has 120 valence electrons. The van der Waals surface area contributed by atoms with Gasteiger partial charge in [-0.25, -0.2) is 0 Å². The highest BCUT2D eigenvalue weighted by Crippen LogP contribution is 2.30. The first-order valence-corrected chi connectivity index (χ1v) is 8.10. The minimum Gasteiger partial charge on any atom is -0.496 e. The third-order valence-electron chi connectivity index (χ3n) is 3.45. The standard InChI is InChI=1S/C15H14BrClN4O2/c1-9-12(16)8-18-21(9)6-5-14-19-15(20-23-14)11-7-10(17)3-4-13(11)22-2/h3-4,7-8H,5-6H2,1-2H3. The van der Waals surface area contributed by atoms with Crippen molar-refractivity contribution in [2.75, 3.05) is 7.11 Å². The summed E-state index contributed by atoms with van der Waals surface area (Å²) in [5.41, 5.74) is 1.76. The van der Waals surface area contributed by atoms with Crippen molar-refractivity contribution in [1.29, 1.82) is 0 Å². The lowest BCUT2D eigenvalue weighted by Crippen LogP contribution is -2.05. The summed E-state index contributed by atoms with van der Waals surface area (Å²) in [7, 11) is 1.59. The van der Waals surface area contributed by atoms with Crippen LogP contribution in [0.15, 0.2) is 33.4 Å². The highest BCUT2D eigenvalue weighted by atomic mass is 79.9. The van der Waals surface area contributed by atoms with Gasteiger partial charge in [0.25, 0.3) is 0 Å². The van der Waals surface area contributed by atoms with E-state index in [1.54, 1.807) is 31.5 Å². The predicted octanol–water partition coefficient (Wildman–Crippen LogP) is 3.91. The van der Waals surface area contributed by atoms with Crippen LogP contribution in [-0.4, -0.2) is 27.0 Å². The number of hydrogen-bond acceptors (Lipinski definition) is 5. The van der Waals surface area contributed by atoms with Crippen LogP contribution in [0.5, 0.6) is 5.75 Å². The Kier molecular flexibility index (Phi) is 4.68. The van der Waals surface area contributed by atoms with Crippen molar-refractivity contribution in [3.05, 3.63) is 45.5 Å². The Bertz CT molecular complexity index is 831. The summed E-state index contributed by atoms with van der Waals surface area (Å²) in [6, 6.07) is 5.28. The summed E-state index contributed by atoms with van der Waals surface area (Å²) in [4.78, 5) is 4.41. The normalized spacial score (nSPS) is 11.0. The van der Waals surface area contributed by atoms with E-state index in [9.17, 15) is 0 Å². The lowest BCUT2D eigenvalue weighted by Gasteiger charge is -2.04. The molecule has 0 fully saturated rings. The summed E-state index contributed by atoms with van der Waals surface area (Å²) in [5.74, 6) is 1.64. The van der Waals surface area contributed by atoms with Crippen molar-refractivity contribution in [3.8, 4) is 17.1 Å². The number of aromatic nitrogens is 4. The molecule has 0 aliphatic carbocycles. The maximum absolute atomic E-state index is 6.03. The van der Waals surface area contributed by atoms with Crippen molar-refractivity contribution < 1.29 is 9.26 Å². The van der Waals surface area contributed by atoms with Gasteiger partial charge in [0.2, 0.25) is 11.7 Å². The molecule has 3 aromatic rings. The van der Waals surface area contributed by atoms with E-state index in [2.05, 4.69) is 31.2 Å². The molecule has 6 nitrogen and oxygen atoms in total. The van der Waals surface area contributed by atoms with Crippen molar-refractivity contribution in [1.82, 2.24) is 19.9 Å². The minimum atomic E-state index is 0.456. The van der Waals surface area contributed by atoms with Gasteiger partial charge in [0, 0.05) is 17.1 Å². The fourth-order valence-electron chi connectivity index (χ4n) is 2.17. The lowest BCUT2D eigenvalue weighted by molar-refractivity contribution is 0.368. The highest BCUT2D eigenvalue weighted by Gasteiger charge is 2.14. The van der Waals surface area contributed by atoms with E-state index in [1.807, 2.05) is 11.6 Å². The molecule has 0 bridgehead atoms. The molecule has 0 saturated heterocycles. The molecule has 0 N–H and O–H groups in total. The van der Waals surface area contributed by atoms with Gasteiger partial charge in [-0.2, -0.15) is 10.1 Å². The van der Waals surface area contributed by atoms with Gasteiger partial charge in [-0.1, -0.05) is 16.8 Å². The van der Waals surface area contributed by atoms with E-state index in [4.69, 9.17) is 20.9 Å². The van der Waals surface area contributed by atoms with Crippen LogP contribution in [0.1, 0.15) is 11.6 Å². The molecule has 0 atom stereocenters. The molecule has 0 unspecified atom stereocenters. The van der Waals surface area contributed by atoms with Gasteiger partial charge in [-0.05, 0) is 41.1 Å². The second-order valence-corrected chi connectivity index (χ2v) is 6.20. The quantitative estimate of drug-likeness (QED) is 0.653. The number of aryl methyl sites for hydroxylation is 2. The van der Waals surface area contributed by atoms with Gasteiger partial charge in [0.1, 0.15) is 5.75 Å². The molecule has 0 saturated carbocycles. The van der Waals surface area contributed by atoms with Crippen LogP contribution in [-0.2, 0) is 13.0 Å². The Labute approximate surface area is 146 Å². The molecule has 23 heavy (non-hydrogen) atoms. The summed E-state index contributed by atoms with van der Waals surface area (Å²) in [6.07, 6.45) is 2.36. The average Bonchev–Trinajstić information content (AvgIpc) is 3.14. The van der Waals surface area contributed by atoms with Gasteiger partial charge >= 0.3 is 0 Å². The zero-order valence-corrected chi connectivity index (χ0v) is 14.9. The molecular formula is C15H14BrClN4O2. The summed E-state index contributed by atoms with van der Waals surface area (Å²) >= 11 is 9.47. The number of methoxy groups -OCH3 is 1. The summed E-state index contributed by atoms with van der Waals surface area (Å²) in [5, 5.41) is 8.88. The lowest BCUT2D eigenvalue weighted by atomic mass is 10.2. The molecule has 2 aromatic heterocycles. The third-order valence-corrected chi connectivity index (χ3v) is 4.46. The molecule has 0 radical (unpaired) electrons. The van der Waals surface area contributed by atoms with Crippen LogP contribution in [0.3, 0.4) is 0 Å². The Morgan fingerprint density at radius 2 is 2.22 bits per heavy atom. The second-order valence-electron chi connectivity index (χ2n) is 4.91. The predicted molar refractivity (Wildman–Crippen MR) is 89.7 cm³/mol. The fraction of sp³-hybridized carbons (Fsp3) is 0.267.